The molecule has 1 aliphatic rings. The molecule has 2 unspecified atom stereocenters. The summed E-state index contributed by atoms with van der Waals surface area (Å²) in [6.07, 6.45) is -4.19. The van der Waals surface area contributed by atoms with Gasteiger partial charge in [0.15, 0.2) is 6.29 Å². The summed E-state index contributed by atoms with van der Waals surface area (Å²) in [7, 11) is 0. The summed E-state index contributed by atoms with van der Waals surface area (Å²) in [6.45, 7) is 4.73. The van der Waals surface area contributed by atoms with Gasteiger partial charge in [-0.05, 0) is 25.8 Å². The first-order valence-electron chi connectivity index (χ1n) is 8.95. The second kappa shape index (κ2) is 9.43. The number of ether oxygens (including phenoxy) is 2. The van der Waals surface area contributed by atoms with Crippen molar-refractivity contribution in [2.75, 3.05) is 6.61 Å². The highest BCUT2D eigenvalue weighted by Gasteiger charge is 2.44. The van der Waals surface area contributed by atoms with Gasteiger partial charge in [-0.1, -0.05) is 37.3 Å². The third kappa shape index (κ3) is 5.25. The molecule has 7 nitrogen and oxygen atoms in total. The molecule has 1 saturated heterocycles. The first-order valence-corrected chi connectivity index (χ1v) is 8.95. The topological polar surface area (TPSA) is 108 Å². The molecule has 26 heavy (non-hydrogen) atoms. The van der Waals surface area contributed by atoms with Crippen LogP contribution >= 0.6 is 0 Å². The van der Waals surface area contributed by atoms with Crippen molar-refractivity contribution in [3.05, 3.63) is 35.9 Å². The predicted molar refractivity (Wildman–Crippen MR) is 95.2 cm³/mol. The van der Waals surface area contributed by atoms with Gasteiger partial charge in [0.05, 0.1) is 12.7 Å². The first kappa shape index (κ1) is 20.8. The van der Waals surface area contributed by atoms with Crippen LogP contribution in [0.3, 0.4) is 0 Å². The van der Waals surface area contributed by atoms with E-state index in [1.165, 1.54) is 0 Å². The zero-order valence-corrected chi connectivity index (χ0v) is 15.4. The Kier molecular flexibility index (Phi) is 7.55. The van der Waals surface area contributed by atoms with Crippen LogP contribution in [0.2, 0.25) is 0 Å². The fourth-order valence-electron chi connectivity index (χ4n) is 3.10. The van der Waals surface area contributed by atoms with Crippen LogP contribution in [-0.2, 0) is 20.7 Å². The second-order valence-corrected chi connectivity index (χ2v) is 6.94. The number of rotatable bonds is 7. The minimum absolute atomic E-state index is 0.0798. The molecule has 2 rings (SSSR count). The zero-order chi connectivity index (χ0) is 19.3. The van der Waals surface area contributed by atoms with Crippen LogP contribution in [0.15, 0.2) is 30.3 Å². The van der Waals surface area contributed by atoms with E-state index < -0.39 is 43.2 Å². The van der Waals surface area contributed by atoms with Crippen LogP contribution in [0.4, 0.5) is 0 Å². The largest absolute Gasteiger partial charge is 0.394 e. The smallest absolute Gasteiger partial charge is 0.249 e. The fourth-order valence-corrected chi connectivity index (χ4v) is 3.10. The summed E-state index contributed by atoms with van der Waals surface area (Å²) in [4.78, 5) is 12.4. The van der Waals surface area contributed by atoms with Gasteiger partial charge in [-0.2, -0.15) is 0 Å². The Hall–Kier alpha value is -1.51. The van der Waals surface area contributed by atoms with E-state index in [1.807, 2.05) is 37.3 Å². The van der Waals surface area contributed by atoms with Crippen molar-refractivity contribution in [2.45, 2.75) is 63.9 Å². The maximum Gasteiger partial charge on any atom is 0.249 e. The number of aliphatic hydroxyl groups is 3. The van der Waals surface area contributed by atoms with E-state index in [1.54, 1.807) is 13.8 Å². The molecule has 1 aliphatic heterocycles. The summed E-state index contributed by atoms with van der Waals surface area (Å²) in [5.41, 5.74) is 1.12. The lowest BCUT2D eigenvalue weighted by molar-refractivity contribution is -0.278. The maximum atomic E-state index is 12.4. The van der Waals surface area contributed by atoms with E-state index in [0.29, 0.717) is 6.42 Å². The molecule has 1 aromatic carbocycles. The highest BCUT2D eigenvalue weighted by atomic mass is 16.6. The summed E-state index contributed by atoms with van der Waals surface area (Å²) >= 11 is 0. The molecular weight excluding hydrogens is 338 g/mol. The Morgan fingerprint density at radius 3 is 2.54 bits per heavy atom. The van der Waals surface area contributed by atoms with Gasteiger partial charge in [0, 0.05) is 12.0 Å². The summed E-state index contributed by atoms with van der Waals surface area (Å²) < 4.78 is 10.9. The molecule has 1 fully saturated rings. The Morgan fingerprint density at radius 2 is 1.92 bits per heavy atom. The quantitative estimate of drug-likeness (QED) is 0.549. The normalized spacial score (nSPS) is 31.2. The van der Waals surface area contributed by atoms with Gasteiger partial charge in [-0.3, -0.25) is 4.79 Å². The number of benzene rings is 1. The van der Waals surface area contributed by atoms with Crippen molar-refractivity contribution in [2.24, 2.45) is 5.92 Å². The van der Waals surface area contributed by atoms with Gasteiger partial charge < -0.3 is 30.1 Å². The number of hydrogen-bond acceptors (Lipinski definition) is 6. The Balaban J connectivity index is 1.90. The fraction of sp³-hybridized carbons (Fsp3) is 0.632. The molecule has 0 spiro atoms. The average molecular weight is 367 g/mol. The van der Waals surface area contributed by atoms with Gasteiger partial charge >= 0.3 is 0 Å². The first-order chi connectivity index (χ1) is 12.3. The van der Waals surface area contributed by atoms with Crippen LogP contribution in [0.25, 0.3) is 0 Å². The van der Waals surface area contributed by atoms with Gasteiger partial charge in [-0.15, -0.1) is 0 Å². The molecule has 1 amide bonds. The average Bonchev–Trinajstić information content (AvgIpc) is 2.62. The molecule has 4 N–H and O–H groups in total. The van der Waals surface area contributed by atoms with E-state index in [0.717, 1.165) is 5.56 Å². The molecule has 0 saturated carbocycles. The monoisotopic (exact) mass is 367 g/mol. The minimum Gasteiger partial charge on any atom is -0.394 e. The molecular formula is C19H29NO6. The SMILES string of the molecule is CC1[C@@H](O[C@@H](C)C(=O)N[C@@H](C)Cc2ccccc2)[C@H](O)C(CO)O[C@@H]1O. The number of hydrogen-bond donors (Lipinski definition) is 4. The number of nitrogens with one attached hydrogen (secondary N) is 1. The number of carbonyl (C=O) groups is 1. The molecule has 0 aliphatic carbocycles. The summed E-state index contributed by atoms with van der Waals surface area (Å²) in [5, 5.41) is 32.3. The second-order valence-electron chi connectivity index (χ2n) is 6.94. The van der Waals surface area contributed by atoms with Crippen molar-refractivity contribution in [3.8, 4) is 0 Å². The van der Waals surface area contributed by atoms with E-state index in [4.69, 9.17) is 9.47 Å². The molecule has 0 radical (unpaired) electrons. The van der Waals surface area contributed by atoms with Crippen molar-refractivity contribution in [3.63, 3.8) is 0 Å². The van der Waals surface area contributed by atoms with Crippen molar-refractivity contribution >= 4 is 5.91 Å². The maximum absolute atomic E-state index is 12.4. The van der Waals surface area contributed by atoms with Crippen LogP contribution in [0.1, 0.15) is 26.3 Å². The summed E-state index contributed by atoms with van der Waals surface area (Å²) in [6, 6.07) is 9.76. The van der Waals surface area contributed by atoms with E-state index >= 15 is 0 Å². The molecule has 1 heterocycles. The van der Waals surface area contributed by atoms with Crippen molar-refractivity contribution in [1.29, 1.82) is 0 Å². The van der Waals surface area contributed by atoms with E-state index in [-0.39, 0.29) is 11.9 Å². The van der Waals surface area contributed by atoms with Crippen molar-refractivity contribution in [1.82, 2.24) is 5.32 Å². The van der Waals surface area contributed by atoms with Gasteiger partial charge in [-0.25, -0.2) is 0 Å². The van der Waals surface area contributed by atoms with Gasteiger partial charge in [0.2, 0.25) is 5.91 Å². The molecule has 0 aromatic heterocycles. The standard InChI is InChI=1S/C19H29NO6/c1-11(9-14-7-5-4-6-8-14)20-18(23)13(3)25-17-12(2)19(24)26-15(10-21)16(17)22/h4-8,11-13,15-17,19,21-22,24H,9-10H2,1-3H3,(H,20,23)/t11-,12?,13-,15?,16+,17+,19-/m0/s1. The number of carbonyl (C=O) groups excluding carboxylic acids is 1. The lowest BCUT2D eigenvalue weighted by Crippen LogP contribution is -2.57. The van der Waals surface area contributed by atoms with Gasteiger partial charge in [0.1, 0.15) is 18.3 Å². The third-order valence-corrected chi connectivity index (χ3v) is 4.68. The Labute approximate surface area is 153 Å². The lowest BCUT2D eigenvalue weighted by atomic mass is 9.92. The van der Waals surface area contributed by atoms with E-state index in [9.17, 15) is 20.1 Å². The molecule has 7 heteroatoms. The van der Waals surface area contributed by atoms with Crippen LogP contribution < -0.4 is 5.32 Å². The van der Waals surface area contributed by atoms with Crippen LogP contribution in [0.5, 0.6) is 0 Å². The Morgan fingerprint density at radius 1 is 1.27 bits per heavy atom. The lowest BCUT2D eigenvalue weighted by Gasteiger charge is -2.41. The van der Waals surface area contributed by atoms with Gasteiger partial charge in [0.25, 0.3) is 0 Å². The van der Waals surface area contributed by atoms with Crippen molar-refractivity contribution < 1.29 is 29.6 Å². The summed E-state index contributed by atoms with van der Waals surface area (Å²) in [5.74, 6) is -0.834. The van der Waals surface area contributed by atoms with Crippen LogP contribution in [0, 0.1) is 5.92 Å². The van der Waals surface area contributed by atoms with E-state index in [2.05, 4.69) is 5.32 Å². The molecule has 7 atom stereocenters. The Bertz CT molecular complexity index is 568. The molecule has 1 aromatic rings. The zero-order valence-electron chi connectivity index (χ0n) is 15.4. The highest BCUT2D eigenvalue weighted by molar-refractivity contribution is 5.80. The molecule has 146 valence electrons. The number of aliphatic hydroxyl groups excluding tert-OH is 3. The number of amides is 1. The minimum atomic E-state index is -1.17. The predicted octanol–water partition coefficient (Wildman–Crippen LogP) is 0.214. The van der Waals surface area contributed by atoms with Crippen LogP contribution in [-0.4, -0.2) is 64.6 Å². The highest BCUT2D eigenvalue weighted by Crippen LogP contribution is 2.27. The molecule has 0 bridgehead atoms. The third-order valence-electron chi connectivity index (χ3n) is 4.68.